The van der Waals surface area contributed by atoms with Crippen LogP contribution in [0, 0.1) is 0 Å². The zero-order valence-electron chi connectivity index (χ0n) is 18.8. The Balaban J connectivity index is 1.53. The average molecular weight is 585 g/mol. The number of amides is 2. The van der Waals surface area contributed by atoms with Gasteiger partial charge in [0.15, 0.2) is 5.17 Å². The highest BCUT2D eigenvalue weighted by molar-refractivity contribution is 8.15. The van der Waals surface area contributed by atoms with Crippen molar-refractivity contribution in [3.05, 3.63) is 88.4 Å². The molecule has 12 heteroatoms. The number of aliphatic imine (C=N–C) groups is 1. The lowest BCUT2D eigenvalue weighted by atomic mass is 10.2. The van der Waals surface area contributed by atoms with Crippen LogP contribution in [0.5, 0.6) is 5.75 Å². The molecule has 1 fully saturated rings. The van der Waals surface area contributed by atoms with E-state index < -0.39 is 16.7 Å². The van der Waals surface area contributed by atoms with Gasteiger partial charge in [0.25, 0.3) is 0 Å². The van der Waals surface area contributed by atoms with Crippen LogP contribution in [0.1, 0.15) is 12.0 Å². The lowest BCUT2D eigenvalue weighted by Crippen LogP contribution is -2.44. The summed E-state index contributed by atoms with van der Waals surface area (Å²) in [6.45, 7) is 0.246. The van der Waals surface area contributed by atoms with Crippen molar-refractivity contribution in [2.45, 2.75) is 23.8 Å². The van der Waals surface area contributed by atoms with E-state index in [0.717, 1.165) is 17.3 Å². The van der Waals surface area contributed by atoms with Crippen molar-refractivity contribution in [3.8, 4) is 5.75 Å². The van der Waals surface area contributed by atoms with Crippen LogP contribution in [0.25, 0.3) is 0 Å². The Kier molecular flexibility index (Phi) is 8.59. The van der Waals surface area contributed by atoms with Crippen molar-refractivity contribution in [3.63, 3.8) is 0 Å². The van der Waals surface area contributed by atoms with E-state index in [1.54, 1.807) is 36.4 Å². The van der Waals surface area contributed by atoms with Gasteiger partial charge in [0, 0.05) is 33.8 Å². The van der Waals surface area contributed by atoms with Crippen molar-refractivity contribution >= 4 is 74.9 Å². The zero-order valence-corrected chi connectivity index (χ0v) is 21.9. The second-order valence-corrected chi connectivity index (χ2v) is 10.3. The molecule has 0 bridgehead atoms. The summed E-state index contributed by atoms with van der Waals surface area (Å²) >= 11 is 17.9. The number of nitrogens with zero attached hydrogens (tertiary/aromatic N) is 2. The maximum atomic E-state index is 13.2. The van der Waals surface area contributed by atoms with Gasteiger partial charge in [0.2, 0.25) is 11.8 Å². The number of amidine groups is 1. The number of ether oxygens (including phenoxy) is 1. The largest absolute Gasteiger partial charge is 0.487 e. The Bertz CT molecular complexity index is 1300. The molecular weight excluding hydrogens is 567 g/mol. The first kappa shape index (κ1) is 27.2. The van der Waals surface area contributed by atoms with E-state index in [4.69, 9.17) is 34.8 Å². The van der Waals surface area contributed by atoms with Crippen LogP contribution >= 0.6 is 46.6 Å². The Labute approximate surface area is 230 Å². The molecule has 0 unspecified atom stereocenters. The maximum Gasteiger partial charge on any atom is 0.487 e. The number of hydrogen-bond acceptors (Lipinski definition) is 5. The van der Waals surface area contributed by atoms with Crippen LogP contribution in [0.4, 0.5) is 20.2 Å². The Morgan fingerprint density at radius 2 is 1.62 bits per heavy atom. The molecule has 1 atom stereocenters. The van der Waals surface area contributed by atoms with E-state index in [1.165, 1.54) is 29.2 Å². The number of rotatable bonds is 7. The van der Waals surface area contributed by atoms with Crippen molar-refractivity contribution in [2.75, 3.05) is 5.32 Å². The lowest BCUT2D eigenvalue weighted by Gasteiger charge is -2.32. The predicted molar refractivity (Wildman–Crippen MR) is 143 cm³/mol. The molecule has 3 aromatic carbocycles. The van der Waals surface area contributed by atoms with E-state index >= 15 is 0 Å². The van der Waals surface area contributed by atoms with Crippen LogP contribution in [0.2, 0.25) is 10.0 Å². The molecule has 1 saturated heterocycles. The van der Waals surface area contributed by atoms with Crippen molar-refractivity contribution in [2.24, 2.45) is 4.99 Å². The van der Waals surface area contributed by atoms with Crippen molar-refractivity contribution in [1.29, 1.82) is 0 Å². The summed E-state index contributed by atoms with van der Waals surface area (Å²) in [4.78, 5) is 32.3. The minimum atomic E-state index is -3.85. The summed E-state index contributed by atoms with van der Waals surface area (Å²) < 4.78 is 29.9. The van der Waals surface area contributed by atoms with Gasteiger partial charge in [-0.25, -0.2) is 4.99 Å². The third-order valence-electron chi connectivity index (χ3n) is 5.09. The molecule has 192 valence electrons. The van der Waals surface area contributed by atoms with Gasteiger partial charge in [-0.3, -0.25) is 14.5 Å². The highest BCUT2D eigenvalue weighted by Crippen LogP contribution is 2.32. The molecule has 0 radical (unpaired) electrons. The Morgan fingerprint density at radius 3 is 2.22 bits per heavy atom. The summed E-state index contributed by atoms with van der Waals surface area (Å²) in [6, 6.07) is 19.1. The summed E-state index contributed by atoms with van der Waals surface area (Å²) in [7, 11) is 0. The predicted octanol–water partition coefficient (Wildman–Crippen LogP) is 7.32. The summed E-state index contributed by atoms with van der Waals surface area (Å²) in [6.07, 6.45) is -0.0661. The van der Waals surface area contributed by atoms with Gasteiger partial charge >= 0.3 is 5.57 Å². The van der Waals surface area contributed by atoms with Crippen LogP contribution in [-0.2, 0) is 16.1 Å². The third kappa shape index (κ3) is 7.82. The molecule has 1 heterocycles. The summed E-state index contributed by atoms with van der Waals surface area (Å²) in [5.41, 5.74) is -2.10. The fourth-order valence-electron chi connectivity index (χ4n) is 3.36. The van der Waals surface area contributed by atoms with Crippen molar-refractivity contribution < 1.29 is 23.1 Å². The topological polar surface area (TPSA) is 71.0 Å². The fourth-order valence-corrected chi connectivity index (χ4v) is 4.80. The highest BCUT2D eigenvalue weighted by Gasteiger charge is 2.36. The number of carbonyl (C=O) groups excluding carboxylic acids is 2. The summed E-state index contributed by atoms with van der Waals surface area (Å²) in [5, 5.41) is 3.38. The monoisotopic (exact) mass is 583 g/mol. The molecule has 0 saturated carbocycles. The normalized spacial score (nSPS) is 17.1. The third-order valence-corrected chi connectivity index (χ3v) is 6.86. The Hall–Kier alpha value is -2.85. The number of nitrogens with one attached hydrogen (secondary N) is 1. The van der Waals surface area contributed by atoms with Crippen LogP contribution in [0.15, 0.2) is 77.8 Å². The first-order valence-corrected chi connectivity index (χ1v) is 12.8. The van der Waals surface area contributed by atoms with Crippen LogP contribution in [-0.4, -0.2) is 32.7 Å². The van der Waals surface area contributed by atoms with E-state index in [-0.39, 0.29) is 24.6 Å². The molecule has 37 heavy (non-hydrogen) atoms. The molecule has 2 amide bonds. The standard InChI is InChI=1S/C25H18Cl3F2N3O3S/c26-16-3-1-15(2-4-16)14-33-22(34)13-21(37-24(33)32-19-7-5-17(27)6-8-19)23(35)31-18-9-11-20(12-10-18)36-25(28,29)30/h1-12,21H,13-14H2,(H,31,35)/t21-/m1/s1. The molecular formula is C25H18Cl3F2N3O3S. The number of hydrogen-bond donors (Lipinski definition) is 1. The zero-order chi connectivity index (χ0) is 26.6. The minimum absolute atomic E-state index is 0.0661. The second kappa shape index (κ2) is 11.7. The van der Waals surface area contributed by atoms with Gasteiger partial charge in [0.1, 0.15) is 11.0 Å². The molecule has 1 aliphatic rings. The number of halogens is 5. The molecule has 3 aromatic rings. The fraction of sp³-hybridized carbons (Fsp3) is 0.160. The SMILES string of the molecule is O=C(Nc1ccc(OC(F)(F)Cl)cc1)[C@H]1CC(=O)N(Cc2ccc(Cl)cc2)C(=Nc2ccc(Cl)cc2)S1. The quantitative estimate of drug-likeness (QED) is 0.295. The van der Waals surface area contributed by atoms with Crippen LogP contribution in [0.3, 0.4) is 0 Å². The van der Waals surface area contributed by atoms with Gasteiger partial charge in [0.05, 0.1) is 12.2 Å². The number of anilines is 1. The summed E-state index contributed by atoms with van der Waals surface area (Å²) in [5.74, 6) is -0.894. The molecule has 1 N–H and O–H groups in total. The van der Waals surface area contributed by atoms with Crippen molar-refractivity contribution in [1.82, 2.24) is 4.90 Å². The Morgan fingerprint density at radius 1 is 1.03 bits per heavy atom. The van der Waals surface area contributed by atoms with Gasteiger partial charge in [-0.2, -0.15) is 0 Å². The van der Waals surface area contributed by atoms with E-state index in [9.17, 15) is 18.4 Å². The molecule has 4 rings (SSSR count). The van der Waals surface area contributed by atoms with Gasteiger partial charge in [-0.05, 0) is 66.2 Å². The van der Waals surface area contributed by atoms with E-state index in [1.807, 2.05) is 12.1 Å². The highest BCUT2D eigenvalue weighted by atomic mass is 35.5. The lowest BCUT2D eigenvalue weighted by molar-refractivity contribution is -0.129. The van der Waals surface area contributed by atoms with Gasteiger partial charge in [-0.15, -0.1) is 8.78 Å². The first-order chi connectivity index (χ1) is 17.6. The molecule has 0 aliphatic carbocycles. The number of benzene rings is 3. The van der Waals surface area contributed by atoms with Gasteiger partial charge < -0.3 is 10.1 Å². The second-order valence-electron chi connectivity index (χ2n) is 7.85. The molecule has 0 spiro atoms. The molecule has 6 nitrogen and oxygen atoms in total. The number of alkyl halides is 3. The molecule has 1 aliphatic heterocycles. The smallest absolute Gasteiger partial charge is 0.420 e. The number of carbonyl (C=O) groups is 2. The van der Waals surface area contributed by atoms with E-state index in [2.05, 4.69) is 15.0 Å². The average Bonchev–Trinajstić information content (AvgIpc) is 2.84. The maximum absolute atomic E-state index is 13.2. The first-order valence-electron chi connectivity index (χ1n) is 10.8. The minimum Gasteiger partial charge on any atom is -0.420 e. The van der Waals surface area contributed by atoms with E-state index in [0.29, 0.717) is 26.6 Å². The van der Waals surface area contributed by atoms with Crippen LogP contribution < -0.4 is 10.1 Å². The molecule has 0 aromatic heterocycles. The van der Waals surface area contributed by atoms with Gasteiger partial charge in [-0.1, -0.05) is 47.1 Å². The number of thioether (sulfide) groups is 1.